The quantitative estimate of drug-likeness (QED) is 0.360. The Labute approximate surface area is 189 Å². The molecular formula is C21H26Cl2N4O2S. The first-order valence-electron chi connectivity index (χ1n) is 9.73. The van der Waals surface area contributed by atoms with Crippen LogP contribution >= 0.6 is 23.2 Å². The molecule has 2 N–H and O–H groups in total. The topological polar surface area (TPSA) is 89.0 Å². The van der Waals surface area contributed by atoms with Crippen LogP contribution in [0.1, 0.15) is 43.0 Å². The molecule has 2 unspecified atom stereocenters. The lowest BCUT2D eigenvalue weighted by molar-refractivity contribution is 0.109. The monoisotopic (exact) mass is 468 g/mol. The number of rotatable bonds is 8. The molecule has 0 fully saturated rings. The van der Waals surface area contributed by atoms with Gasteiger partial charge >= 0.3 is 0 Å². The fourth-order valence-electron chi connectivity index (χ4n) is 3.43. The van der Waals surface area contributed by atoms with Crippen molar-refractivity contribution >= 4 is 51.2 Å². The second-order valence-electron chi connectivity index (χ2n) is 7.24. The van der Waals surface area contributed by atoms with Crippen molar-refractivity contribution in [2.24, 2.45) is 0 Å². The van der Waals surface area contributed by atoms with Crippen molar-refractivity contribution in [3.8, 4) is 0 Å². The maximum absolute atomic E-state index is 12.6. The zero-order chi connectivity index (χ0) is 22.0. The van der Waals surface area contributed by atoms with E-state index < -0.39 is 11.2 Å². The minimum absolute atomic E-state index is 0.182. The lowest BCUT2D eigenvalue weighted by Crippen LogP contribution is -2.12. The predicted octanol–water partition coefficient (Wildman–Crippen LogP) is 5.23. The summed E-state index contributed by atoms with van der Waals surface area (Å²) in [5, 5.41) is 0.971. The van der Waals surface area contributed by atoms with Gasteiger partial charge in [-0.3, -0.25) is 0 Å². The van der Waals surface area contributed by atoms with Crippen LogP contribution in [0.5, 0.6) is 0 Å². The largest absolute Gasteiger partial charge is 0.611 e. The molecule has 0 aliphatic carbocycles. The predicted molar refractivity (Wildman–Crippen MR) is 124 cm³/mol. The number of aryl methyl sites for hydroxylation is 3. The molecular weight excluding hydrogens is 443 g/mol. The first-order valence-corrected chi connectivity index (χ1v) is 11.8. The summed E-state index contributed by atoms with van der Waals surface area (Å²) in [5.74, 6) is 1.76. The lowest BCUT2D eigenvalue weighted by Gasteiger charge is -2.15. The number of anilines is 1. The van der Waals surface area contributed by atoms with Gasteiger partial charge in [0.2, 0.25) is 0 Å². The van der Waals surface area contributed by atoms with E-state index in [0.29, 0.717) is 32.0 Å². The average Bonchev–Trinajstić information content (AvgIpc) is 3.09. The van der Waals surface area contributed by atoms with E-state index in [1.807, 2.05) is 20.8 Å². The number of methoxy groups -OCH3 is 1. The number of fused-ring (bicyclic) bond motifs is 1. The summed E-state index contributed by atoms with van der Waals surface area (Å²) < 4.78 is 20.3. The molecule has 3 aromatic rings. The number of benzene rings is 1. The summed E-state index contributed by atoms with van der Waals surface area (Å²) in [6.07, 6.45) is 1.41. The van der Waals surface area contributed by atoms with Gasteiger partial charge in [0.1, 0.15) is 23.2 Å². The molecule has 0 aliphatic heterocycles. The fraction of sp³-hybridized carbons (Fsp3) is 0.429. The van der Waals surface area contributed by atoms with Crippen LogP contribution in [0.25, 0.3) is 11.0 Å². The summed E-state index contributed by atoms with van der Waals surface area (Å²) in [6.45, 7) is 6.65. The number of imidazole rings is 1. The van der Waals surface area contributed by atoms with Crippen molar-refractivity contribution in [2.75, 3.05) is 18.6 Å². The van der Waals surface area contributed by atoms with E-state index in [2.05, 4.69) is 9.55 Å². The van der Waals surface area contributed by atoms with Crippen LogP contribution in [-0.4, -0.2) is 32.0 Å². The lowest BCUT2D eigenvalue weighted by atomic mass is 10.2. The number of hydrogen-bond donors (Lipinski definition) is 1. The Hall–Kier alpha value is -1.51. The van der Waals surface area contributed by atoms with Gasteiger partial charge in [0.05, 0.1) is 10.5 Å². The number of aromatic nitrogens is 3. The van der Waals surface area contributed by atoms with E-state index in [1.165, 1.54) is 0 Å². The molecule has 0 saturated carbocycles. The number of nitrogens with two attached hydrogens (primary N) is 1. The van der Waals surface area contributed by atoms with Gasteiger partial charge in [-0.15, -0.1) is 0 Å². The SMILES string of the molecule is COC(C)c1nc2c(N)nc(C)c(C)c2n1CCCC[S+]([O-])c1ccc(Cl)cc1Cl. The first-order chi connectivity index (χ1) is 14.2. The van der Waals surface area contributed by atoms with Crippen LogP contribution in [0.4, 0.5) is 5.82 Å². The van der Waals surface area contributed by atoms with E-state index >= 15 is 0 Å². The van der Waals surface area contributed by atoms with Crippen LogP contribution in [0, 0.1) is 13.8 Å². The van der Waals surface area contributed by atoms with E-state index in [9.17, 15) is 4.55 Å². The van der Waals surface area contributed by atoms with Crippen LogP contribution in [0.15, 0.2) is 23.1 Å². The zero-order valence-corrected chi connectivity index (χ0v) is 19.9. The summed E-state index contributed by atoms with van der Waals surface area (Å²) in [5.41, 5.74) is 9.77. The van der Waals surface area contributed by atoms with E-state index in [0.717, 1.165) is 42.0 Å². The third kappa shape index (κ3) is 4.70. The van der Waals surface area contributed by atoms with E-state index in [4.69, 9.17) is 38.7 Å². The maximum atomic E-state index is 12.6. The minimum atomic E-state index is -1.18. The van der Waals surface area contributed by atoms with Crippen molar-refractivity contribution in [3.63, 3.8) is 0 Å². The third-order valence-electron chi connectivity index (χ3n) is 5.24. The van der Waals surface area contributed by atoms with Crippen molar-refractivity contribution in [1.82, 2.24) is 14.5 Å². The molecule has 2 aromatic heterocycles. The van der Waals surface area contributed by atoms with Crippen molar-refractivity contribution < 1.29 is 9.29 Å². The molecule has 0 spiro atoms. The molecule has 2 atom stereocenters. The van der Waals surface area contributed by atoms with Gasteiger partial charge in [-0.25, -0.2) is 9.97 Å². The first kappa shape index (κ1) is 23.2. The summed E-state index contributed by atoms with van der Waals surface area (Å²) in [4.78, 5) is 9.75. The van der Waals surface area contributed by atoms with Crippen molar-refractivity contribution in [1.29, 1.82) is 0 Å². The smallest absolute Gasteiger partial charge is 0.171 e. The van der Waals surface area contributed by atoms with Gasteiger partial charge in [0.15, 0.2) is 10.7 Å². The van der Waals surface area contributed by atoms with Crippen molar-refractivity contribution in [3.05, 3.63) is 45.3 Å². The molecule has 6 nitrogen and oxygen atoms in total. The zero-order valence-electron chi connectivity index (χ0n) is 17.5. The number of nitrogens with zero attached hydrogens (tertiary/aromatic N) is 3. The fourth-order valence-corrected chi connectivity index (χ4v) is 5.28. The highest BCUT2D eigenvalue weighted by Crippen LogP contribution is 2.30. The van der Waals surface area contributed by atoms with E-state index in [-0.39, 0.29) is 6.10 Å². The summed E-state index contributed by atoms with van der Waals surface area (Å²) in [6, 6.07) is 5.06. The number of halogens is 2. The second kappa shape index (κ2) is 9.75. The number of unbranched alkanes of at least 4 members (excludes halogenated alkanes) is 1. The number of nitrogen functional groups attached to an aromatic ring is 1. The van der Waals surface area contributed by atoms with Gasteiger partial charge in [0.25, 0.3) is 0 Å². The molecule has 162 valence electrons. The Morgan fingerprint density at radius 1 is 1.23 bits per heavy atom. The van der Waals surface area contributed by atoms with Gasteiger partial charge in [-0.2, -0.15) is 0 Å². The Balaban J connectivity index is 1.78. The van der Waals surface area contributed by atoms with Gasteiger partial charge in [-0.1, -0.05) is 23.2 Å². The normalized spacial score (nSPS) is 13.7. The van der Waals surface area contributed by atoms with Crippen LogP contribution in [0.2, 0.25) is 10.0 Å². The van der Waals surface area contributed by atoms with Gasteiger partial charge < -0.3 is 19.6 Å². The Morgan fingerprint density at radius 2 is 1.97 bits per heavy atom. The molecule has 1 aromatic carbocycles. The number of hydrogen-bond acceptors (Lipinski definition) is 5. The number of pyridine rings is 1. The highest BCUT2D eigenvalue weighted by molar-refractivity contribution is 7.91. The van der Waals surface area contributed by atoms with E-state index in [1.54, 1.807) is 25.3 Å². The van der Waals surface area contributed by atoms with Crippen LogP contribution in [-0.2, 0) is 22.5 Å². The molecule has 0 amide bonds. The molecule has 30 heavy (non-hydrogen) atoms. The number of ether oxygens (including phenoxy) is 1. The molecule has 0 radical (unpaired) electrons. The standard InChI is InChI=1S/C21H26Cl2N4O2S/c1-12-13(2)25-20(24)18-19(12)27(21(26-18)14(3)29-4)9-5-6-10-30(28)17-8-7-15(22)11-16(17)23/h7-8,11,14H,5-6,9-10H2,1-4H3,(H2,24,25). The second-order valence-corrected chi connectivity index (χ2v) is 9.62. The summed E-state index contributed by atoms with van der Waals surface area (Å²) in [7, 11) is 1.66. The molecule has 2 heterocycles. The van der Waals surface area contributed by atoms with Gasteiger partial charge in [-0.05, 0) is 68.6 Å². The molecule has 0 aliphatic rings. The highest BCUT2D eigenvalue weighted by atomic mass is 35.5. The molecule has 0 bridgehead atoms. The maximum Gasteiger partial charge on any atom is 0.171 e. The highest BCUT2D eigenvalue weighted by Gasteiger charge is 2.21. The Morgan fingerprint density at radius 3 is 2.63 bits per heavy atom. The molecule has 3 rings (SSSR count). The molecule has 9 heteroatoms. The van der Waals surface area contributed by atoms with Crippen LogP contribution in [0.3, 0.4) is 0 Å². The summed E-state index contributed by atoms with van der Waals surface area (Å²) >= 11 is 10.9. The average molecular weight is 469 g/mol. The Bertz CT molecular complexity index is 1060. The third-order valence-corrected chi connectivity index (χ3v) is 7.41. The minimum Gasteiger partial charge on any atom is -0.611 e. The Kier molecular flexibility index (Phi) is 7.52. The van der Waals surface area contributed by atoms with Crippen LogP contribution < -0.4 is 5.73 Å². The molecule has 0 saturated heterocycles. The van der Waals surface area contributed by atoms with Gasteiger partial charge in [0, 0.05) is 24.4 Å². The van der Waals surface area contributed by atoms with Crippen molar-refractivity contribution in [2.45, 2.75) is 51.2 Å².